The number of carbonyl (C=O) groups is 2. The second kappa shape index (κ2) is 5.84. The number of rotatable bonds is 0. The second-order valence-corrected chi connectivity index (χ2v) is 7.65. The molecule has 26 heavy (non-hydrogen) atoms. The van der Waals surface area contributed by atoms with Gasteiger partial charge < -0.3 is 19.8 Å². The molecule has 8 heteroatoms. The third-order valence-electron chi connectivity index (χ3n) is 5.38. The van der Waals surface area contributed by atoms with Gasteiger partial charge in [0.2, 0.25) is 0 Å². The molecule has 2 aliphatic rings. The van der Waals surface area contributed by atoms with E-state index in [4.69, 9.17) is 0 Å². The molecule has 2 aliphatic heterocycles. The number of carbonyl (C=O) groups excluding carboxylic acids is 1. The molecule has 0 aliphatic carbocycles. The van der Waals surface area contributed by atoms with Crippen LogP contribution < -0.4 is 9.80 Å². The highest BCUT2D eigenvalue weighted by Gasteiger charge is 2.42. The zero-order valence-corrected chi connectivity index (χ0v) is 16.4. The summed E-state index contributed by atoms with van der Waals surface area (Å²) < 4.78 is 1.03. The highest BCUT2D eigenvalue weighted by atomic mass is 79.9. The van der Waals surface area contributed by atoms with E-state index in [1.54, 1.807) is 18.1 Å². The molecule has 1 fully saturated rings. The van der Waals surface area contributed by atoms with Crippen LogP contribution in [0, 0.1) is 13.8 Å². The number of hydrogen-bond acceptors (Lipinski definition) is 4. The first-order chi connectivity index (χ1) is 12.3. The maximum Gasteiger partial charge on any atom is 0.407 e. The number of carboxylic acid groups (broad SMARTS) is 1. The van der Waals surface area contributed by atoms with Gasteiger partial charge in [0, 0.05) is 30.0 Å². The first-order valence-corrected chi connectivity index (χ1v) is 9.21. The number of fused-ring (bicyclic) bond motifs is 5. The van der Waals surface area contributed by atoms with Crippen molar-refractivity contribution in [1.82, 2.24) is 9.88 Å². The van der Waals surface area contributed by atoms with Gasteiger partial charge in [0.25, 0.3) is 5.91 Å². The number of aryl methyl sites for hydroxylation is 2. The van der Waals surface area contributed by atoms with E-state index in [0.29, 0.717) is 13.1 Å². The number of likely N-dealkylation sites (N-methyl/N-ethyl adjacent to an activating group) is 1. The van der Waals surface area contributed by atoms with Gasteiger partial charge in [-0.05, 0) is 31.0 Å². The Morgan fingerprint density at radius 1 is 1.35 bits per heavy atom. The fourth-order valence-corrected chi connectivity index (χ4v) is 4.25. The first-order valence-electron chi connectivity index (χ1n) is 8.41. The number of anilines is 2. The van der Waals surface area contributed by atoms with Crippen LogP contribution in [-0.4, -0.2) is 59.7 Å². The Morgan fingerprint density at radius 3 is 2.77 bits per heavy atom. The van der Waals surface area contributed by atoms with Crippen molar-refractivity contribution in [2.45, 2.75) is 19.9 Å². The molecule has 3 heterocycles. The van der Waals surface area contributed by atoms with E-state index in [2.05, 4.69) is 27.0 Å². The molecule has 0 radical (unpaired) electrons. The van der Waals surface area contributed by atoms with Gasteiger partial charge in [-0.3, -0.25) is 9.78 Å². The van der Waals surface area contributed by atoms with E-state index >= 15 is 0 Å². The predicted molar refractivity (Wildman–Crippen MR) is 103 cm³/mol. The Bertz CT molecular complexity index is 961. The van der Waals surface area contributed by atoms with Crippen LogP contribution in [0.25, 0.3) is 10.9 Å². The molecule has 1 aromatic carbocycles. The minimum absolute atomic E-state index is 0.102. The summed E-state index contributed by atoms with van der Waals surface area (Å²) in [6.07, 6.45) is 0.755. The monoisotopic (exact) mass is 418 g/mol. The number of benzene rings is 1. The molecule has 7 nitrogen and oxygen atoms in total. The van der Waals surface area contributed by atoms with Crippen molar-refractivity contribution in [3.63, 3.8) is 0 Å². The lowest BCUT2D eigenvalue weighted by Gasteiger charge is -2.47. The smallest absolute Gasteiger partial charge is 0.407 e. The number of halogens is 1. The summed E-state index contributed by atoms with van der Waals surface area (Å²) in [7, 11) is 1.73. The average Bonchev–Trinajstić information content (AvgIpc) is 2.63. The van der Waals surface area contributed by atoms with Gasteiger partial charge >= 0.3 is 6.09 Å². The molecule has 0 saturated carbocycles. The van der Waals surface area contributed by atoms with Crippen molar-refractivity contribution >= 4 is 50.2 Å². The van der Waals surface area contributed by atoms with E-state index in [-0.39, 0.29) is 12.5 Å². The van der Waals surface area contributed by atoms with Crippen LogP contribution in [0.1, 0.15) is 11.1 Å². The number of pyridine rings is 1. The van der Waals surface area contributed by atoms with Crippen LogP contribution in [0.4, 0.5) is 16.2 Å². The number of piperazine rings is 1. The van der Waals surface area contributed by atoms with Gasteiger partial charge in [-0.1, -0.05) is 15.9 Å². The lowest BCUT2D eigenvalue weighted by atomic mass is 9.99. The normalized spacial score (nSPS) is 19.6. The van der Waals surface area contributed by atoms with E-state index in [0.717, 1.165) is 37.9 Å². The maximum absolute atomic E-state index is 12.8. The molecule has 4 rings (SSSR count). The minimum Gasteiger partial charge on any atom is -0.465 e. The summed E-state index contributed by atoms with van der Waals surface area (Å²) in [5.41, 5.74) is 4.78. The third-order valence-corrected chi connectivity index (χ3v) is 6.60. The van der Waals surface area contributed by atoms with Crippen LogP contribution in [-0.2, 0) is 4.79 Å². The lowest BCUT2D eigenvalue weighted by Crippen LogP contribution is -2.62. The summed E-state index contributed by atoms with van der Waals surface area (Å²) >= 11 is 3.62. The van der Waals surface area contributed by atoms with Gasteiger partial charge in [-0.2, -0.15) is 0 Å². The highest BCUT2D eigenvalue weighted by molar-refractivity contribution is 9.10. The van der Waals surface area contributed by atoms with Gasteiger partial charge in [-0.25, -0.2) is 4.79 Å². The average molecular weight is 419 g/mol. The Hall–Kier alpha value is -2.35. The summed E-state index contributed by atoms with van der Waals surface area (Å²) in [5, 5.41) is 10.3. The Morgan fingerprint density at radius 2 is 2.08 bits per heavy atom. The quantitative estimate of drug-likeness (QED) is 0.711. The standard InChI is InChI=1S/C18H19BrN4O3/c1-9-6-11-15(10(2)14(9)19)20-7-12-16(11)23-5-4-22(18(25)26)8-13(23)17(24)21(12)3/h6-7,13H,4-5,8H2,1-3H3,(H,25,26)/t13-/m1/s1. The largest absolute Gasteiger partial charge is 0.465 e. The SMILES string of the molecule is Cc1cc2c3c(cnc2c(C)c1Br)N(C)C(=O)[C@H]1CN(C(=O)O)CCN31. The van der Waals surface area contributed by atoms with E-state index < -0.39 is 12.1 Å². The molecule has 1 aromatic heterocycles. The van der Waals surface area contributed by atoms with Crippen LogP contribution >= 0.6 is 15.9 Å². The van der Waals surface area contributed by atoms with E-state index in [1.807, 2.05) is 18.7 Å². The lowest BCUT2D eigenvalue weighted by molar-refractivity contribution is -0.120. The summed E-state index contributed by atoms with van der Waals surface area (Å²) in [6.45, 7) is 5.09. The molecule has 1 saturated heterocycles. The van der Waals surface area contributed by atoms with Gasteiger partial charge in [0.1, 0.15) is 6.04 Å². The second-order valence-electron chi connectivity index (χ2n) is 6.86. The van der Waals surface area contributed by atoms with Crippen LogP contribution in [0.3, 0.4) is 0 Å². The molecule has 1 N–H and O–H groups in total. The van der Waals surface area contributed by atoms with Crippen molar-refractivity contribution < 1.29 is 14.7 Å². The summed E-state index contributed by atoms with van der Waals surface area (Å²) in [4.78, 5) is 33.8. The highest BCUT2D eigenvalue weighted by Crippen LogP contribution is 2.43. The Kier molecular flexibility index (Phi) is 3.83. The predicted octanol–water partition coefficient (Wildman–Crippen LogP) is 2.76. The Balaban J connectivity index is 1.95. The fraction of sp³-hybridized carbons (Fsp3) is 0.389. The molecule has 1 atom stereocenters. The first kappa shape index (κ1) is 17.1. The maximum atomic E-state index is 12.8. The van der Waals surface area contributed by atoms with E-state index in [9.17, 15) is 14.7 Å². The molecule has 0 bridgehead atoms. The topological polar surface area (TPSA) is 77.0 Å². The van der Waals surface area contributed by atoms with E-state index in [1.165, 1.54) is 4.90 Å². The molecule has 0 spiro atoms. The summed E-state index contributed by atoms with van der Waals surface area (Å²) in [6, 6.07) is 1.58. The van der Waals surface area contributed by atoms with Gasteiger partial charge in [0.15, 0.2) is 0 Å². The number of nitrogens with zero attached hydrogens (tertiary/aromatic N) is 4. The van der Waals surface area contributed by atoms with Crippen molar-refractivity contribution in [3.8, 4) is 0 Å². The van der Waals surface area contributed by atoms with Crippen molar-refractivity contribution in [1.29, 1.82) is 0 Å². The molecule has 136 valence electrons. The Labute approximate surface area is 159 Å². The van der Waals surface area contributed by atoms with Crippen LogP contribution in [0.2, 0.25) is 0 Å². The zero-order valence-electron chi connectivity index (χ0n) is 14.8. The van der Waals surface area contributed by atoms with Crippen molar-refractivity contribution in [3.05, 3.63) is 27.9 Å². The third kappa shape index (κ3) is 2.28. The molecular formula is C18H19BrN4O3. The van der Waals surface area contributed by atoms with Crippen molar-refractivity contribution in [2.24, 2.45) is 0 Å². The van der Waals surface area contributed by atoms with Crippen molar-refractivity contribution in [2.75, 3.05) is 36.5 Å². The van der Waals surface area contributed by atoms with Gasteiger partial charge in [0.05, 0.1) is 29.6 Å². The number of aromatic nitrogens is 1. The fourth-order valence-electron chi connectivity index (χ4n) is 3.95. The molecule has 2 amide bonds. The summed E-state index contributed by atoms with van der Waals surface area (Å²) in [5.74, 6) is -0.102. The number of hydrogen-bond donors (Lipinski definition) is 1. The van der Waals surface area contributed by atoms with Crippen LogP contribution in [0.5, 0.6) is 0 Å². The molecular weight excluding hydrogens is 400 g/mol. The molecule has 0 unspecified atom stereocenters. The van der Waals surface area contributed by atoms with Gasteiger partial charge in [-0.15, -0.1) is 0 Å². The minimum atomic E-state index is -0.985. The molecule has 2 aromatic rings. The van der Waals surface area contributed by atoms with Crippen LogP contribution in [0.15, 0.2) is 16.7 Å². The zero-order chi connectivity index (χ0) is 18.7. The number of amides is 2.